The summed E-state index contributed by atoms with van der Waals surface area (Å²) >= 11 is 0. The Morgan fingerprint density at radius 3 is 2.30 bits per heavy atom. The van der Waals surface area contributed by atoms with E-state index in [0.717, 1.165) is 0 Å². The molecule has 2 fully saturated rings. The molecular formula is C8H16N2. The lowest BCUT2D eigenvalue weighted by molar-refractivity contribution is 0.0206. The normalized spacial score (nSPS) is 30.9. The standard InChI is InChI=1S/C8H16N2/c1-9-10-7-3-6-8(10)4-2-5-8/h9H,2-7H2,1H3. The van der Waals surface area contributed by atoms with Gasteiger partial charge in [0.25, 0.3) is 0 Å². The first-order valence-corrected chi connectivity index (χ1v) is 4.32. The van der Waals surface area contributed by atoms with E-state index in [1.165, 1.54) is 38.6 Å². The molecule has 10 heavy (non-hydrogen) atoms. The minimum Gasteiger partial charge on any atom is -0.258 e. The second kappa shape index (κ2) is 2.21. The van der Waals surface area contributed by atoms with E-state index in [9.17, 15) is 0 Å². The molecule has 1 N–H and O–H groups in total. The van der Waals surface area contributed by atoms with Crippen molar-refractivity contribution in [3.63, 3.8) is 0 Å². The van der Waals surface area contributed by atoms with Crippen molar-refractivity contribution < 1.29 is 0 Å². The molecule has 2 nitrogen and oxygen atoms in total. The Balaban J connectivity index is 2.05. The van der Waals surface area contributed by atoms with Gasteiger partial charge >= 0.3 is 0 Å². The van der Waals surface area contributed by atoms with Crippen LogP contribution < -0.4 is 5.43 Å². The summed E-state index contributed by atoms with van der Waals surface area (Å²) in [5.41, 5.74) is 3.90. The predicted molar refractivity (Wildman–Crippen MR) is 41.6 cm³/mol. The summed E-state index contributed by atoms with van der Waals surface area (Å²) in [4.78, 5) is 0. The highest BCUT2D eigenvalue weighted by atomic mass is 15.5. The van der Waals surface area contributed by atoms with Crippen molar-refractivity contribution in [2.75, 3.05) is 13.6 Å². The van der Waals surface area contributed by atoms with E-state index in [1.807, 2.05) is 7.05 Å². The highest BCUT2D eigenvalue weighted by molar-refractivity contribution is 4.99. The van der Waals surface area contributed by atoms with Gasteiger partial charge in [-0.2, -0.15) is 0 Å². The van der Waals surface area contributed by atoms with Crippen molar-refractivity contribution in [1.29, 1.82) is 0 Å². The van der Waals surface area contributed by atoms with Gasteiger partial charge in [-0.15, -0.1) is 0 Å². The maximum Gasteiger partial charge on any atom is 0.0354 e. The summed E-state index contributed by atoms with van der Waals surface area (Å²) in [5.74, 6) is 0. The summed E-state index contributed by atoms with van der Waals surface area (Å²) in [6, 6.07) is 0. The molecule has 1 saturated heterocycles. The molecule has 2 aliphatic rings. The summed E-state index contributed by atoms with van der Waals surface area (Å²) < 4.78 is 0. The Hall–Kier alpha value is -0.0800. The van der Waals surface area contributed by atoms with Crippen LogP contribution >= 0.6 is 0 Å². The Bertz CT molecular complexity index is 129. The molecule has 1 aliphatic carbocycles. The zero-order chi connectivity index (χ0) is 7.03. The van der Waals surface area contributed by atoms with E-state index in [4.69, 9.17) is 0 Å². The maximum absolute atomic E-state index is 3.29. The fraction of sp³-hybridized carbons (Fsp3) is 1.00. The number of hydrazine groups is 1. The number of nitrogens with one attached hydrogen (secondary N) is 1. The molecule has 0 aromatic rings. The van der Waals surface area contributed by atoms with E-state index in [1.54, 1.807) is 0 Å². The summed E-state index contributed by atoms with van der Waals surface area (Å²) in [6.45, 7) is 1.26. The lowest BCUT2D eigenvalue weighted by atomic mass is 9.75. The highest BCUT2D eigenvalue weighted by Gasteiger charge is 2.44. The van der Waals surface area contributed by atoms with Crippen molar-refractivity contribution in [2.24, 2.45) is 0 Å². The molecular weight excluding hydrogens is 124 g/mol. The van der Waals surface area contributed by atoms with Gasteiger partial charge in [0.2, 0.25) is 0 Å². The molecule has 1 heterocycles. The van der Waals surface area contributed by atoms with Gasteiger partial charge in [0.15, 0.2) is 0 Å². The molecule has 0 unspecified atom stereocenters. The van der Waals surface area contributed by atoms with Crippen LogP contribution in [0.1, 0.15) is 32.1 Å². The van der Waals surface area contributed by atoms with Crippen LogP contribution in [0.15, 0.2) is 0 Å². The largest absolute Gasteiger partial charge is 0.258 e. The van der Waals surface area contributed by atoms with Crippen LogP contribution in [0.5, 0.6) is 0 Å². The molecule has 0 aromatic carbocycles. The van der Waals surface area contributed by atoms with Crippen LogP contribution in [-0.2, 0) is 0 Å². The zero-order valence-electron chi connectivity index (χ0n) is 6.69. The van der Waals surface area contributed by atoms with Crippen LogP contribution in [0.3, 0.4) is 0 Å². The van der Waals surface area contributed by atoms with Crippen LogP contribution in [-0.4, -0.2) is 24.1 Å². The van der Waals surface area contributed by atoms with Crippen molar-refractivity contribution in [3.05, 3.63) is 0 Å². The van der Waals surface area contributed by atoms with Crippen molar-refractivity contribution >= 4 is 0 Å². The number of nitrogens with zero attached hydrogens (tertiary/aromatic N) is 1. The molecule has 2 rings (SSSR count). The number of rotatable bonds is 1. The smallest absolute Gasteiger partial charge is 0.0354 e. The molecule has 0 amide bonds. The molecule has 0 radical (unpaired) electrons. The lowest BCUT2D eigenvalue weighted by Gasteiger charge is -2.45. The Kier molecular flexibility index (Phi) is 1.46. The Labute approximate surface area is 62.6 Å². The summed E-state index contributed by atoms with van der Waals surface area (Å²) in [6.07, 6.45) is 7.11. The van der Waals surface area contributed by atoms with Gasteiger partial charge < -0.3 is 0 Å². The van der Waals surface area contributed by atoms with Crippen molar-refractivity contribution in [1.82, 2.24) is 10.4 Å². The molecule has 0 bridgehead atoms. The zero-order valence-corrected chi connectivity index (χ0v) is 6.69. The second-order valence-electron chi connectivity index (χ2n) is 3.56. The third-order valence-corrected chi connectivity index (χ3v) is 3.15. The quantitative estimate of drug-likeness (QED) is 0.587. The van der Waals surface area contributed by atoms with Gasteiger partial charge in [-0.05, 0) is 39.2 Å². The molecule has 2 heteroatoms. The second-order valence-corrected chi connectivity index (χ2v) is 3.56. The van der Waals surface area contributed by atoms with E-state index in [-0.39, 0.29) is 0 Å². The highest BCUT2D eigenvalue weighted by Crippen LogP contribution is 2.43. The first-order valence-electron chi connectivity index (χ1n) is 4.32. The third kappa shape index (κ3) is 0.722. The molecule has 1 aliphatic heterocycles. The van der Waals surface area contributed by atoms with Crippen LogP contribution in [0, 0.1) is 0 Å². The van der Waals surface area contributed by atoms with Gasteiger partial charge in [-0.1, -0.05) is 0 Å². The number of hydrogen-bond acceptors (Lipinski definition) is 2. The molecule has 0 atom stereocenters. The average Bonchev–Trinajstić information content (AvgIpc) is 2.27. The minimum atomic E-state index is 0.606. The van der Waals surface area contributed by atoms with Gasteiger partial charge in [-0.25, -0.2) is 5.01 Å². The first kappa shape index (κ1) is 6.62. The Morgan fingerprint density at radius 2 is 1.90 bits per heavy atom. The van der Waals surface area contributed by atoms with Gasteiger partial charge in [-0.3, -0.25) is 5.43 Å². The summed E-state index contributed by atoms with van der Waals surface area (Å²) in [5, 5.41) is 2.44. The van der Waals surface area contributed by atoms with Gasteiger partial charge in [0.05, 0.1) is 0 Å². The third-order valence-electron chi connectivity index (χ3n) is 3.15. The minimum absolute atomic E-state index is 0.606. The molecule has 0 aromatic heterocycles. The molecule has 1 spiro atoms. The monoisotopic (exact) mass is 140 g/mol. The maximum atomic E-state index is 3.29. The fourth-order valence-electron chi connectivity index (χ4n) is 2.39. The topological polar surface area (TPSA) is 15.3 Å². The molecule has 58 valence electrons. The van der Waals surface area contributed by atoms with Crippen LogP contribution in [0.25, 0.3) is 0 Å². The lowest BCUT2D eigenvalue weighted by Crippen LogP contribution is -2.54. The number of hydrogen-bond donors (Lipinski definition) is 1. The van der Waals surface area contributed by atoms with Crippen LogP contribution in [0.4, 0.5) is 0 Å². The predicted octanol–water partition coefficient (Wildman–Crippen LogP) is 1.14. The van der Waals surface area contributed by atoms with E-state index in [2.05, 4.69) is 10.4 Å². The van der Waals surface area contributed by atoms with Crippen LogP contribution in [0.2, 0.25) is 0 Å². The van der Waals surface area contributed by atoms with Gasteiger partial charge in [0.1, 0.15) is 0 Å². The van der Waals surface area contributed by atoms with Crippen molar-refractivity contribution in [3.8, 4) is 0 Å². The average molecular weight is 140 g/mol. The van der Waals surface area contributed by atoms with E-state index >= 15 is 0 Å². The van der Waals surface area contributed by atoms with E-state index < -0.39 is 0 Å². The van der Waals surface area contributed by atoms with E-state index in [0.29, 0.717) is 5.54 Å². The molecule has 1 saturated carbocycles. The van der Waals surface area contributed by atoms with Crippen molar-refractivity contribution in [2.45, 2.75) is 37.6 Å². The SMILES string of the molecule is CNN1CCCC12CCC2. The van der Waals surface area contributed by atoms with Gasteiger partial charge in [0, 0.05) is 12.1 Å². The summed E-state index contributed by atoms with van der Waals surface area (Å²) in [7, 11) is 2.05. The first-order chi connectivity index (χ1) is 4.87. The Morgan fingerprint density at radius 1 is 1.20 bits per heavy atom. The fourth-order valence-corrected chi connectivity index (χ4v) is 2.39.